The molecule has 0 spiro atoms. The van der Waals surface area contributed by atoms with Gasteiger partial charge in [0.05, 0.1) is 19.0 Å². The summed E-state index contributed by atoms with van der Waals surface area (Å²) in [5.41, 5.74) is -2.28. The lowest BCUT2D eigenvalue weighted by atomic mass is 10.2. The number of alkyl halides is 3. The lowest BCUT2D eigenvalue weighted by Gasteiger charge is -2.13. The van der Waals surface area contributed by atoms with Gasteiger partial charge in [0.25, 0.3) is 15.9 Å². The van der Waals surface area contributed by atoms with E-state index in [4.69, 9.17) is 9.15 Å². The highest BCUT2D eigenvalue weighted by Crippen LogP contribution is 2.30. The minimum Gasteiger partial charge on any atom is -0.480 e. The van der Waals surface area contributed by atoms with E-state index in [0.29, 0.717) is 18.2 Å². The molecule has 0 aliphatic carbocycles. The van der Waals surface area contributed by atoms with Crippen molar-refractivity contribution < 1.29 is 48.7 Å². The number of ether oxygens (including phenoxy) is 1. The summed E-state index contributed by atoms with van der Waals surface area (Å²) in [4.78, 5) is 22.7. The van der Waals surface area contributed by atoms with Crippen molar-refractivity contribution in [2.45, 2.75) is 11.1 Å². The average Bonchev–Trinajstić information content (AvgIpc) is 3.37. The lowest BCUT2D eigenvalue weighted by molar-refractivity contribution is -0.141. The van der Waals surface area contributed by atoms with Crippen molar-refractivity contribution in [1.82, 2.24) is 15.0 Å². The summed E-state index contributed by atoms with van der Waals surface area (Å²) in [6.07, 6.45) is -3.01. The third kappa shape index (κ3) is 5.92. The van der Waals surface area contributed by atoms with Crippen LogP contribution in [0.15, 0.2) is 58.2 Å². The number of hydrogen-bond donors (Lipinski definition) is 2. The van der Waals surface area contributed by atoms with Gasteiger partial charge in [0, 0.05) is 5.56 Å². The molecule has 3 aromatic heterocycles. The first-order chi connectivity index (χ1) is 18.3. The zero-order valence-electron chi connectivity index (χ0n) is 19.2. The fourth-order valence-electron chi connectivity index (χ4n) is 3.07. The predicted molar refractivity (Wildman–Crippen MR) is 121 cm³/mol. The highest BCUT2D eigenvalue weighted by atomic mass is 32.2. The molecule has 4 aromatic rings. The molecule has 10 nitrogen and oxygen atoms in total. The number of sulfonamides is 1. The Labute approximate surface area is 214 Å². The molecule has 0 aliphatic heterocycles. The van der Waals surface area contributed by atoms with Gasteiger partial charge in [-0.05, 0) is 30.3 Å². The number of oxazole rings is 1. The Balaban J connectivity index is 1.58. The fourth-order valence-corrected chi connectivity index (χ4v) is 4.22. The first kappa shape index (κ1) is 27.4. The van der Waals surface area contributed by atoms with E-state index in [1.54, 1.807) is 0 Å². The number of pyridine rings is 2. The second kappa shape index (κ2) is 10.2. The molecular formula is C22H13F6N5O5S. The number of anilines is 2. The largest absolute Gasteiger partial charge is 0.480 e. The Bertz CT molecular complexity index is 1650. The van der Waals surface area contributed by atoms with E-state index in [1.165, 1.54) is 0 Å². The molecule has 0 saturated heterocycles. The zero-order chi connectivity index (χ0) is 28.5. The van der Waals surface area contributed by atoms with E-state index in [1.807, 2.05) is 4.72 Å². The van der Waals surface area contributed by atoms with Crippen LogP contribution in [0.2, 0.25) is 0 Å². The molecule has 0 radical (unpaired) electrons. The zero-order valence-corrected chi connectivity index (χ0v) is 20.0. The Morgan fingerprint density at radius 2 is 1.74 bits per heavy atom. The Kier molecular flexibility index (Phi) is 7.18. The lowest BCUT2D eigenvalue weighted by Crippen LogP contribution is -2.18. The van der Waals surface area contributed by atoms with Gasteiger partial charge in [-0.25, -0.2) is 36.5 Å². The topological polar surface area (TPSA) is 136 Å². The summed E-state index contributed by atoms with van der Waals surface area (Å²) in [6.45, 7) is 0. The minimum absolute atomic E-state index is 0.221. The van der Waals surface area contributed by atoms with Crippen molar-refractivity contribution in [3.8, 4) is 17.3 Å². The van der Waals surface area contributed by atoms with Crippen LogP contribution in [0.5, 0.6) is 5.88 Å². The molecule has 0 fully saturated rings. The number of amides is 1. The third-order valence-corrected chi connectivity index (χ3v) is 6.15. The van der Waals surface area contributed by atoms with Crippen molar-refractivity contribution in [2.75, 3.05) is 17.1 Å². The molecule has 0 aliphatic rings. The molecule has 1 aromatic carbocycles. The molecule has 17 heteroatoms. The Morgan fingerprint density at radius 3 is 2.38 bits per heavy atom. The van der Waals surface area contributed by atoms with E-state index in [2.05, 4.69) is 20.3 Å². The average molecular weight is 573 g/mol. The first-order valence-corrected chi connectivity index (χ1v) is 11.8. The van der Waals surface area contributed by atoms with Gasteiger partial charge in [-0.1, -0.05) is 6.07 Å². The van der Waals surface area contributed by atoms with Crippen LogP contribution in [0.1, 0.15) is 16.2 Å². The Morgan fingerprint density at radius 1 is 1.05 bits per heavy atom. The van der Waals surface area contributed by atoms with Gasteiger partial charge in [-0.2, -0.15) is 13.2 Å². The molecule has 1 amide bonds. The smallest absolute Gasteiger partial charge is 0.433 e. The molecule has 204 valence electrons. The van der Waals surface area contributed by atoms with E-state index >= 15 is 0 Å². The van der Waals surface area contributed by atoms with Crippen LogP contribution in [0.4, 0.5) is 37.8 Å². The number of rotatable bonds is 7. The maximum atomic E-state index is 13.5. The minimum atomic E-state index is -4.83. The number of aromatic nitrogens is 3. The maximum Gasteiger partial charge on any atom is 0.433 e. The van der Waals surface area contributed by atoms with Gasteiger partial charge in [0.1, 0.15) is 17.8 Å². The highest BCUT2D eigenvalue weighted by molar-refractivity contribution is 7.92. The third-order valence-electron chi connectivity index (χ3n) is 4.81. The molecule has 0 unspecified atom stereocenters. The summed E-state index contributed by atoms with van der Waals surface area (Å²) in [5, 5.41) is 2.27. The van der Waals surface area contributed by atoms with E-state index < -0.39 is 73.4 Å². The number of methoxy groups -OCH3 is 1. The van der Waals surface area contributed by atoms with Crippen LogP contribution < -0.4 is 14.8 Å². The summed E-state index contributed by atoms with van der Waals surface area (Å²) in [6, 6.07) is 4.67. The van der Waals surface area contributed by atoms with Crippen molar-refractivity contribution in [3.05, 3.63) is 77.7 Å². The number of halogens is 6. The van der Waals surface area contributed by atoms with Crippen molar-refractivity contribution in [2.24, 2.45) is 0 Å². The monoisotopic (exact) mass is 573 g/mol. The number of nitrogens with zero attached hydrogens (tertiary/aromatic N) is 3. The molecule has 2 N–H and O–H groups in total. The fraction of sp³-hybridized carbons (Fsp3) is 0.0909. The van der Waals surface area contributed by atoms with Gasteiger partial charge in [0.15, 0.2) is 28.0 Å². The second-order valence-corrected chi connectivity index (χ2v) is 9.14. The summed E-state index contributed by atoms with van der Waals surface area (Å²) in [5.74, 6) is -7.24. The second-order valence-electron chi connectivity index (χ2n) is 7.49. The molecule has 0 bridgehead atoms. The number of benzene rings is 1. The highest BCUT2D eigenvalue weighted by Gasteiger charge is 2.33. The van der Waals surface area contributed by atoms with Gasteiger partial charge in [-0.15, -0.1) is 0 Å². The van der Waals surface area contributed by atoms with Gasteiger partial charge >= 0.3 is 6.18 Å². The number of carbonyl (C=O) groups excluding carboxylic acids is 1. The van der Waals surface area contributed by atoms with Gasteiger partial charge in [0.2, 0.25) is 11.8 Å². The predicted octanol–water partition coefficient (Wildman–Crippen LogP) is 4.63. The van der Waals surface area contributed by atoms with Gasteiger partial charge < -0.3 is 14.5 Å². The van der Waals surface area contributed by atoms with E-state index in [-0.39, 0.29) is 11.3 Å². The summed E-state index contributed by atoms with van der Waals surface area (Å²) >= 11 is 0. The van der Waals surface area contributed by atoms with Crippen LogP contribution in [-0.2, 0) is 16.2 Å². The van der Waals surface area contributed by atoms with Crippen LogP contribution in [0.25, 0.3) is 11.5 Å². The van der Waals surface area contributed by atoms with Crippen LogP contribution in [0.3, 0.4) is 0 Å². The number of hydrogen-bond acceptors (Lipinski definition) is 8. The van der Waals surface area contributed by atoms with Crippen molar-refractivity contribution in [1.29, 1.82) is 0 Å². The summed E-state index contributed by atoms with van der Waals surface area (Å²) in [7, 11) is -3.56. The molecular weight excluding hydrogens is 560 g/mol. The quantitative estimate of drug-likeness (QED) is 0.241. The first-order valence-electron chi connectivity index (χ1n) is 10.3. The van der Waals surface area contributed by atoms with Crippen LogP contribution in [0, 0.1) is 17.5 Å². The Hall–Kier alpha value is -4.67. The standard InChI is InChI=1S/C22H13F6N5O5S/c1-37-21-15(39(35,36)33-17-4-2-3-16(32-17)22(26,27)28)7-11(8-29-21)30-19(34)14-9-38-20(31-14)10-5-12(23)18(25)13(24)6-10/h2-9H,1H3,(H,30,34)(H,32,33). The molecule has 0 saturated carbocycles. The van der Waals surface area contributed by atoms with E-state index in [9.17, 15) is 39.6 Å². The van der Waals surface area contributed by atoms with Crippen molar-refractivity contribution >= 4 is 27.4 Å². The molecule has 39 heavy (non-hydrogen) atoms. The molecule has 4 rings (SSSR count). The SMILES string of the molecule is COc1ncc(NC(=O)c2coc(-c3cc(F)c(F)c(F)c3)n2)cc1S(=O)(=O)Nc1cccc(C(F)(F)F)n1. The number of nitrogens with one attached hydrogen (secondary N) is 2. The van der Waals surface area contributed by atoms with Crippen LogP contribution in [-0.4, -0.2) is 36.4 Å². The normalized spacial score (nSPS) is 11.8. The summed E-state index contributed by atoms with van der Waals surface area (Å²) < 4.78 is 117. The maximum absolute atomic E-state index is 13.5. The van der Waals surface area contributed by atoms with Crippen LogP contribution >= 0.6 is 0 Å². The number of carbonyl (C=O) groups is 1. The molecule has 0 atom stereocenters. The van der Waals surface area contributed by atoms with Gasteiger partial charge in [-0.3, -0.25) is 9.52 Å². The molecule has 3 heterocycles. The van der Waals surface area contributed by atoms with Crippen molar-refractivity contribution in [3.63, 3.8) is 0 Å². The van der Waals surface area contributed by atoms with E-state index in [0.717, 1.165) is 37.8 Å².